The van der Waals surface area contributed by atoms with Gasteiger partial charge in [-0.1, -0.05) is 17.7 Å². The van der Waals surface area contributed by atoms with Gasteiger partial charge < -0.3 is 19.9 Å². The van der Waals surface area contributed by atoms with E-state index in [1.165, 1.54) is 0 Å². The van der Waals surface area contributed by atoms with Crippen molar-refractivity contribution in [3.05, 3.63) is 52.8 Å². The first-order valence-electron chi connectivity index (χ1n) is 8.50. The smallest absolute Gasteiger partial charge is 0.257 e. The number of nitrogens with one attached hydrogen (secondary N) is 2. The molecular formula is C19H19ClN4O2. The molecule has 3 heterocycles. The van der Waals surface area contributed by atoms with Crippen LogP contribution in [0.1, 0.15) is 15.9 Å². The second-order valence-electron chi connectivity index (χ2n) is 6.30. The van der Waals surface area contributed by atoms with Crippen molar-refractivity contribution < 1.29 is 9.53 Å². The van der Waals surface area contributed by atoms with Crippen molar-refractivity contribution in [2.45, 2.75) is 6.92 Å². The monoisotopic (exact) mass is 370 g/mol. The van der Waals surface area contributed by atoms with Gasteiger partial charge in [0, 0.05) is 30.9 Å². The van der Waals surface area contributed by atoms with Crippen LogP contribution in [0.2, 0.25) is 5.02 Å². The van der Waals surface area contributed by atoms with Crippen molar-refractivity contribution in [2.24, 2.45) is 0 Å². The molecule has 6 nitrogen and oxygen atoms in total. The molecule has 4 rings (SSSR count). The molecule has 2 aromatic heterocycles. The topological polar surface area (TPSA) is 70.2 Å². The number of hydrogen-bond acceptors (Lipinski definition) is 4. The van der Waals surface area contributed by atoms with E-state index in [2.05, 4.69) is 15.3 Å². The third-order valence-electron chi connectivity index (χ3n) is 4.50. The molecule has 1 aliphatic heterocycles. The quantitative estimate of drug-likeness (QED) is 0.736. The van der Waals surface area contributed by atoms with Gasteiger partial charge in [-0.3, -0.25) is 4.79 Å². The van der Waals surface area contributed by atoms with Crippen molar-refractivity contribution in [3.8, 4) is 0 Å². The Labute approximate surface area is 156 Å². The van der Waals surface area contributed by atoms with Gasteiger partial charge in [0.05, 0.1) is 35.0 Å². The van der Waals surface area contributed by atoms with Crippen LogP contribution in [0.5, 0.6) is 0 Å². The minimum Gasteiger partial charge on any atom is -0.378 e. The number of pyridine rings is 1. The fourth-order valence-electron chi connectivity index (χ4n) is 3.10. The lowest BCUT2D eigenvalue weighted by atomic mass is 10.1. The summed E-state index contributed by atoms with van der Waals surface area (Å²) in [5, 5.41) is 4.74. The highest BCUT2D eigenvalue weighted by molar-refractivity contribution is 6.33. The normalized spacial score (nSPS) is 14.6. The van der Waals surface area contributed by atoms with E-state index in [-0.39, 0.29) is 5.91 Å². The van der Waals surface area contributed by atoms with E-state index in [9.17, 15) is 4.79 Å². The molecule has 0 unspecified atom stereocenters. The van der Waals surface area contributed by atoms with Gasteiger partial charge in [0.2, 0.25) is 0 Å². The van der Waals surface area contributed by atoms with E-state index in [1.807, 2.05) is 37.4 Å². The highest BCUT2D eigenvalue weighted by Gasteiger charge is 2.22. The molecule has 0 atom stereocenters. The minimum atomic E-state index is -0.0341. The molecule has 0 radical (unpaired) electrons. The lowest BCUT2D eigenvalue weighted by molar-refractivity contribution is 0.0304. The number of carbonyl (C=O) groups excluding carboxylic acids is 1. The Bertz CT molecular complexity index is 963. The van der Waals surface area contributed by atoms with E-state index in [0.717, 1.165) is 22.2 Å². The minimum absolute atomic E-state index is 0.0341. The Kier molecular flexibility index (Phi) is 4.53. The fourth-order valence-corrected chi connectivity index (χ4v) is 3.38. The number of aryl methyl sites for hydroxylation is 1. The van der Waals surface area contributed by atoms with Gasteiger partial charge in [-0.15, -0.1) is 0 Å². The van der Waals surface area contributed by atoms with Crippen LogP contribution >= 0.6 is 11.6 Å². The molecule has 1 aromatic carbocycles. The summed E-state index contributed by atoms with van der Waals surface area (Å²) < 4.78 is 5.32. The number of rotatable bonds is 3. The van der Waals surface area contributed by atoms with E-state index in [1.54, 1.807) is 11.1 Å². The van der Waals surface area contributed by atoms with E-state index in [0.29, 0.717) is 42.7 Å². The summed E-state index contributed by atoms with van der Waals surface area (Å²) in [6.07, 6.45) is 3.42. The van der Waals surface area contributed by atoms with Gasteiger partial charge in [0.15, 0.2) is 0 Å². The summed E-state index contributed by atoms with van der Waals surface area (Å²) in [5.74, 6) is 0.624. The van der Waals surface area contributed by atoms with E-state index >= 15 is 0 Å². The van der Waals surface area contributed by atoms with Crippen LogP contribution in [0.25, 0.3) is 10.9 Å². The standard InChI is InChI=1S/C19H19ClN4O2/c1-12-2-3-16(15(20)10-12)23-18-13-4-5-21-17(13)14(11-22-18)19(25)24-6-8-26-9-7-24/h2-5,10-11,21H,6-9H2,1H3,(H,22,23). The first-order valence-corrected chi connectivity index (χ1v) is 8.87. The molecule has 1 saturated heterocycles. The largest absolute Gasteiger partial charge is 0.378 e. The number of H-pyrrole nitrogens is 1. The van der Waals surface area contributed by atoms with Gasteiger partial charge in [0.1, 0.15) is 5.82 Å². The first-order chi connectivity index (χ1) is 12.6. The predicted octanol–water partition coefficient (Wildman–Crippen LogP) is 3.74. The molecule has 0 aliphatic carbocycles. The average molecular weight is 371 g/mol. The number of ether oxygens (including phenoxy) is 1. The zero-order chi connectivity index (χ0) is 18.1. The van der Waals surface area contributed by atoms with Crippen LogP contribution in [-0.2, 0) is 4.74 Å². The van der Waals surface area contributed by atoms with Crippen LogP contribution in [-0.4, -0.2) is 47.1 Å². The van der Waals surface area contributed by atoms with Gasteiger partial charge in [-0.05, 0) is 30.7 Å². The molecule has 0 spiro atoms. The number of nitrogens with zero attached hydrogens (tertiary/aromatic N) is 2. The maximum Gasteiger partial charge on any atom is 0.257 e. The Morgan fingerprint density at radius 3 is 2.88 bits per heavy atom. The number of amides is 1. The zero-order valence-electron chi connectivity index (χ0n) is 14.4. The second kappa shape index (κ2) is 6.97. The lowest BCUT2D eigenvalue weighted by Gasteiger charge is -2.27. The SMILES string of the molecule is Cc1ccc(Nc2ncc(C(=O)N3CCOCC3)c3[nH]ccc23)c(Cl)c1. The highest BCUT2D eigenvalue weighted by Crippen LogP contribution is 2.30. The molecule has 0 saturated carbocycles. The summed E-state index contributed by atoms with van der Waals surface area (Å²) in [5.41, 5.74) is 3.20. The van der Waals surface area contributed by atoms with Gasteiger partial charge in [-0.2, -0.15) is 0 Å². The molecule has 1 aliphatic rings. The van der Waals surface area contributed by atoms with Crippen LogP contribution in [0.15, 0.2) is 36.7 Å². The maximum absolute atomic E-state index is 12.8. The number of anilines is 2. The van der Waals surface area contributed by atoms with Gasteiger partial charge >= 0.3 is 0 Å². The number of aromatic nitrogens is 2. The van der Waals surface area contributed by atoms with Crippen LogP contribution in [0.3, 0.4) is 0 Å². The molecule has 26 heavy (non-hydrogen) atoms. The Balaban J connectivity index is 1.68. The highest BCUT2D eigenvalue weighted by atomic mass is 35.5. The predicted molar refractivity (Wildman–Crippen MR) is 102 cm³/mol. The Hall–Kier alpha value is -2.57. The summed E-state index contributed by atoms with van der Waals surface area (Å²) in [4.78, 5) is 22.3. The van der Waals surface area contributed by atoms with Crippen molar-refractivity contribution in [2.75, 3.05) is 31.6 Å². The van der Waals surface area contributed by atoms with Gasteiger partial charge in [-0.25, -0.2) is 4.98 Å². The number of hydrogen-bond donors (Lipinski definition) is 2. The zero-order valence-corrected chi connectivity index (χ0v) is 15.1. The maximum atomic E-state index is 12.8. The molecule has 1 fully saturated rings. The van der Waals surface area contributed by atoms with Gasteiger partial charge in [0.25, 0.3) is 5.91 Å². The summed E-state index contributed by atoms with van der Waals surface area (Å²) >= 11 is 6.32. The van der Waals surface area contributed by atoms with Crippen molar-refractivity contribution >= 4 is 39.9 Å². The summed E-state index contributed by atoms with van der Waals surface area (Å²) in [6, 6.07) is 7.71. The third-order valence-corrected chi connectivity index (χ3v) is 4.81. The number of fused-ring (bicyclic) bond motifs is 1. The lowest BCUT2D eigenvalue weighted by Crippen LogP contribution is -2.40. The van der Waals surface area contributed by atoms with Crippen LogP contribution in [0, 0.1) is 6.92 Å². The summed E-state index contributed by atoms with van der Waals surface area (Å²) in [6.45, 7) is 4.32. The average Bonchev–Trinajstić information content (AvgIpc) is 3.14. The Morgan fingerprint density at radius 1 is 1.31 bits per heavy atom. The van der Waals surface area contributed by atoms with Crippen LogP contribution < -0.4 is 5.32 Å². The second-order valence-corrected chi connectivity index (χ2v) is 6.71. The van der Waals surface area contributed by atoms with Crippen molar-refractivity contribution in [3.63, 3.8) is 0 Å². The number of halogens is 1. The molecule has 7 heteroatoms. The number of benzene rings is 1. The molecule has 0 bridgehead atoms. The molecule has 2 N–H and O–H groups in total. The summed E-state index contributed by atoms with van der Waals surface area (Å²) in [7, 11) is 0. The molecule has 3 aromatic rings. The molecular weight excluding hydrogens is 352 g/mol. The number of morpholine rings is 1. The van der Waals surface area contributed by atoms with Crippen LogP contribution in [0.4, 0.5) is 11.5 Å². The first kappa shape index (κ1) is 16.9. The van der Waals surface area contributed by atoms with Crippen molar-refractivity contribution in [1.82, 2.24) is 14.9 Å². The molecule has 134 valence electrons. The number of carbonyl (C=O) groups is 1. The fraction of sp³-hybridized carbons (Fsp3) is 0.263. The number of aromatic amines is 1. The van der Waals surface area contributed by atoms with Crippen molar-refractivity contribution in [1.29, 1.82) is 0 Å². The molecule has 1 amide bonds. The third kappa shape index (κ3) is 3.13. The Morgan fingerprint density at radius 2 is 2.12 bits per heavy atom. The van der Waals surface area contributed by atoms with E-state index < -0.39 is 0 Å². The van der Waals surface area contributed by atoms with E-state index in [4.69, 9.17) is 16.3 Å².